The van der Waals surface area contributed by atoms with Gasteiger partial charge in [0, 0.05) is 12.1 Å². The summed E-state index contributed by atoms with van der Waals surface area (Å²) in [6, 6.07) is -0.487. The molecular formula is C15H27N5O2S. The Morgan fingerprint density at radius 2 is 2.04 bits per heavy atom. The van der Waals surface area contributed by atoms with Crippen LogP contribution in [0.5, 0.6) is 0 Å². The van der Waals surface area contributed by atoms with E-state index in [2.05, 4.69) is 27.8 Å². The zero-order valence-electron chi connectivity index (χ0n) is 14.5. The second-order valence-corrected chi connectivity index (χ2v) is 7.78. The van der Waals surface area contributed by atoms with Crippen LogP contribution >= 0.6 is 11.8 Å². The van der Waals surface area contributed by atoms with Crippen LogP contribution in [0.4, 0.5) is 4.79 Å². The molecule has 1 rings (SSSR count). The highest BCUT2D eigenvalue weighted by molar-refractivity contribution is 8.00. The number of rotatable bonds is 7. The van der Waals surface area contributed by atoms with Crippen LogP contribution < -0.4 is 10.6 Å². The van der Waals surface area contributed by atoms with E-state index in [0.29, 0.717) is 5.16 Å². The number of carbonyl (C=O) groups excluding carboxylic acids is 2. The van der Waals surface area contributed by atoms with Gasteiger partial charge in [0.05, 0.1) is 5.25 Å². The number of thioether (sulfide) groups is 1. The molecule has 0 saturated carbocycles. The van der Waals surface area contributed by atoms with Crippen molar-refractivity contribution in [3.8, 4) is 0 Å². The van der Waals surface area contributed by atoms with Crippen LogP contribution in [0, 0.1) is 0 Å². The van der Waals surface area contributed by atoms with Crippen molar-refractivity contribution in [2.45, 2.75) is 76.4 Å². The van der Waals surface area contributed by atoms with Crippen molar-refractivity contribution in [2.75, 3.05) is 0 Å². The molecule has 2 N–H and O–H groups in total. The van der Waals surface area contributed by atoms with E-state index in [1.165, 1.54) is 11.8 Å². The maximum Gasteiger partial charge on any atom is 0.321 e. The van der Waals surface area contributed by atoms with Gasteiger partial charge in [0.2, 0.25) is 5.91 Å². The highest BCUT2D eigenvalue weighted by Crippen LogP contribution is 2.21. The van der Waals surface area contributed by atoms with Gasteiger partial charge in [-0.25, -0.2) is 4.79 Å². The maximum atomic E-state index is 12.1. The predicted octanol–water partition coefficient (Wildman–Crippen LogP) is 2.57. The zero-order chi connectivity index (χ0) is 17.5. The minimum atomic E-state index is -0.487. The van der Waals surface area contributed by atoms with Crippen molar-refractivity contribution in [3.63, 3.8) is 0 Å². The summed E-state index contributed by atoms with van der Waals surface area (Å²) in [6.07, 6.45) is 5.02. The highest BCUT2D eigenvalue weighted by atomic mass is 32.2. The Labute approximate surface area is 142 Å². The summed E-state index contributed by atoms with van der Waals surface area (Å²) in [6.45, 7) is 10.3. The van der Waals surface area contributed by atoms with Crippen LogP contribution in [0.1, 0.15) is 53.9 Å². The molecule has 1 heterocycles. The van der Waals surface area contributed by atoms with Crippen LogP contribution in [0.2, 0.25) is 0 Å². The van der Waals surface area contributed by atoms with E-state index in [0.717, 1.165) is 25.8 Å². The number of amides is 3. The van der Waals surface area contributed by atoms with Gasteiger partial charge in [0.25, 0.3) is 0 Å². The summed E-state index contributed by atoms with van der Waals surface area (Å²) in [5, 5.41) is 13.3. The molecule has 0 radical (unpaired) electrons. The number of carbonyl (C=O) groups is 2. The second-order valence-electron chi connectivity index (χ2n) is 6.47. The van der Waals surface area contributed by atoms with E-state index >= 15 is 0 Å². The summed E-state index contributed by atoms with van der Waals surface area (Å²) in [4.78, 5) is 23.8. The Kier molecular flexibility index (Phi) is 7.54. The number of imide groups is 1. The number of aryl methyl sites for hydroxylation is 1. The Morgan fingerprint density at radius 1 is 1.35 bits per heavy atom. The van der Waals surface area contributed by atoms with Crippen LogP contribution in [-0.4, -0.2) is 37.5 Å². The van der Waals surface area contributed by atoms with Crippen LogP contribution in [-0.2, 0) is 11.3 Å². The molecule has 1 aromatic heterocycles. The van der Waals surface area contributed by atoms with Gasteiger partial charge in [0.15, 0.2) is 5.16 Å². The SMILES string of the molecule is CCCCCn1cnnc1S[C@@H](C)C(=O)NC(=O)NC(C)(C)C. The molecule has 130 valence electrons. The predicted molar refractivity (Wildman–Crippen MR) is 91.3 cm³/mol. The standard InChI is InChI=1S/C15H27N5O2S/c1-6-7-8-9-20-10-16-19-14(20)23-11(2)12(21)17-13(22)18-15(3,4)5/h10-11H,6-9H2,1-5H3,(H2,17,18,21,22)/t11-/m0/s1. The monoisotopic (exact) mass is 341 g/mol. The normalized spacial score (nSPS) is 12.7. The van der Waals surface area contributed by atoms with Gasteiger partial charge < -0.3 is 9.88 Å². The molecule has 8 heteroatoms. The van der Waals surface area contributed by atoms with Gasteiger partial charge >= 0.3 is 6.03 Å². The quantitative estimate of drug-likeness (QED) is 0.588. The van der Waals surface area contributed by atoms with E-state index < -0.39 is 11.3 Å². The van der Waals surface area contributed by atoms with Gasteiger partial charge in [-0.2, -0.15) is 0 Å². The lowest BCUT2D eigenvalue weighted by Gasteiger charge is -2.21. The van der Waals surface area contributed by atoms with Crippen molar-refractivity contribution in [1.82, 2.24) is 25.4 Å². The lowest BCUT2D eigenvalue weighted by atomic mass is 10.1. The summed E-state index contributed by atoms with van der Waals surface area (Å²) < 4.78 is 1.94. The fourth-order valence-corrected chi connectivity index (χ4v) is 2.67. The first-order valence-electron chi connectivity index (χ1n) is 7.90. The Bertz CT molecular complexity index is 524. The summed E-state index contributed by atoms with van der Waals surface area (Å²) >= 11 is 1.30. The molecule has 0 aliphatic carbocycles. The number of aromatic nitrogens is 3. The van der Waals surface area contributed by atoms with Crippen molar-refractivity contribution < 1.29 is 9.59 Å². The maximum absolute atomic E-state index is 12.1. The third-order valence-corrected chi connectivity index (χ3v) is 4.05. The second kappa shape index (κ2) is 8.90. The van der Waals surface area contributed by atoms with E-state index in [9.17, 15) is 9.59 Å². The molecular weight excluding hydrogens is 314 g/mol. The van der Waals surface area contributed by atoms with Gasteiger partial charge in [-0.05, 0) is 34.1 Å². The molecule has 0 bridgehead atoms. The first kappa shape index (κ1) is 19.5. The zero-order valence-corrected chi connectivity index (χ0v) is 15.4. The molecule has 23 heavy (non-hydrogen) atoms. The molecule has 0 unspecified atom stereocenters. The molecule has 3 amide bonds. The highest BCUT2D eigenvalue weighted by Gasteiger charge is 2.21. The topological polar surface area (TPSA) is 88.9 Å². The Balaban J connectivity index is 2.52. The first-order chi connectivity index (χ1) is 10.7. The van der Waals surface area contributed by atoms with Crippen LogP contribution in [0.15, 0.2) is 11.5 Å². The molecule has 0 aromatic carbocycles. The third-order valence-electron chi connectivity index (χ3n) is 2.96. The number of unbranched alkanes of at least 4 members (excludes halogenated alkanes) is 2. The van der Waals surface area contributed by atoms with Crippen molar-refractivity contribution >= 4 is 23.7 Å². The average Bonchev–Trinajstić information content (AvgIpc) is 2.84. The molecule has 0 aliphatic heterocycles. The van der Waals surface area contributed by atoms with E-state index in [-0.39, 0.29) is 11.4 Å². The van der Waals surface area contributed by atoms with Crippen molar-refractivity contribution in [3.05, 3.63) is 6.33 Å². The van der Waals surface area contributed by atoms with Crippen LogP contribution in [0.3, 0.4) is 0 Å². The fraction of sp³-hybridized carbons (Fsp3) is 0.733. The smallest absolute Gasteiger partial charge is 0.321 e. The average molecular weight is 341 g/mol. The summed E-state index contributed by atoms with van der Waals surface area (Å²) in [5.41, 5.74) is -0.389. The molecule has 0 spiro atoms. The first-order valence-corrected chi connectivity index (χ1v) is 8.78. The summed E-state index contributed by atoms with van der Waals surface area (Å²) in [5.74, 6) is -0.347. The third kappa shape index (κ3) is 7.49. The van der Waals surface area contributed by atoms with E-state index in [4.69, 9.17) is 0 Å². The van der Waals surface area contributed by atoms with Gasteiger partial charge in [-0.3, -0.25) is 10.1 Å². The van der Waals surface area contributed by atoms with Gasteiger partial charge in [0.1, 0.15) is 6.33 Å². The summed E-state index contributed by atoms with van der Waals surface area (Å²) in [7, 11) is 0. The Morgan fingerprint density at radius 3 is 2.65 bits per heavy atom. The number of hydrogen-bond acceptors (Lipinski definition) is 5. The number of urea groups is 1. The lowest BCUT2D eigenvalue weighted by Crippen LogP contribution is -2.49. The van der Waals surface area contributed by atoms with Crippen molar-refractivity contribution in [2.24, 2.45) is 0 Å². The minimum Gasteiger partial charge on any atom is -0.333 e. The molecule has 0 saturated heterocycles. The number of nitrogens with one attached hydrogen (secondary N) is 2. The lowest BCUT2D eigenvalue weighted by molar-refractivity contribution is -0.119. The fourth-order valence-electron chi connectivity index (χ4n) is 1.82. The Hall–Kier alpha value is -1.57. The van der Waals surface area contributed by atoms with Gasteiger partial charge in [-0.15, -0.1) is 10.2 Å². The molecule has 7 nitrogen and oxygen atoms in total. The molecule has 1 aromatic rings. The van der Waals surface area contributed by atoms with E-state index in [1.807, 2.05) is 25.3 Å². The number of hydrogen-bond donors (Lipinski definition) is 2. The largest absolute Gasteiger partial charge is 0.333 e. The molecule has 0 aliphatic rings. The minimum absolute atomic E-state index is 0.347. The molecule has 0 fully saturated rings. The molecule has 1 atom stereocenters. The van der Waals surface area contributed by atoms with Crippen molar-refractivity contribution in [1.29, 1.82) is 0 Å². The number of nitrogens with zero attached hydrogens (tertiary/aromatic N) is 3. The van der Waals surface area contributed by atoms with E-state index in [1.54, 1.807) is 13.3 Å². The van der Waals surface area contributed by atoms with Gasteiger partial charge in [-0.1, -0.05) is 31.5 Å². The van der Waals surface area contributed by atoms with Crippen LogP contribution in [0.25, 0.3) is 0 Å².